The molecule has 1 aromatic heterocycles. The van der Waals surface area contributed by atoms with Gasteiger partial charge >= 0.3 is 0 Å². The molecule has 1 atom stereocenters. The van der Waals surface area contributed by atoms with Gasteiger partial charge in [-0.15, -0.1) is 0 Å². The third kappa shape index (κ3) is 5.11. The molecular formula is C18H23N3O3S. The molecule has 0 aliphatic heterocycles. The van der Waals surface area contributed by atoms with E-state index >= 15 is 0 Å². The summed E-state index contributed by atoms with van der Waals surface area (Å²) in [5.74, 6) is -0.566. The number of aryl methyl sites for hydroxylation is 1. The monoisotopic (exact) mass is 361 g/mol. The number of amides is 1. The molecule has 0 aliphatic carbocycles. The molecule has 0 saturated carbocycles. The molecule has 0 fully saturated rings. The van der Waals surface area contributed by atoms with Crippen LogP contribution >= 0.6 is 0 Å². The van der Waals surface area contributed by atoms with Crippen LogP contribution in [0.2, 0.25) is 0 Å². The van der Waals surface area contributed by atoms with Crippen LogP contribution in [0.5, 0.6) is 0 Å². The van der Waals surface area contributed by atoms with Crippen molar-refractivity contribution in [1.29, 1.82) is 0 Å². The first kappa shape index (κ1) is 19.1. The highest BCUT2D eigenvalue weighted by atomic mass is 32.2. The van der Waals surface area contributed by atoms with Crippen LogP contribution in [0.4, 0.5) is 0 Å². The first-order chi connectivity index (χ1) is 11.8. The Morgan fingerprint density at radius 2 is 1.88 bits per heavy atom. The number of carbonyl (C=O) groups excluding carboxylic acids is 1. The van der Waals surface area contributed by atoms with Gasteiger partial charge in [-0.3, -0.25) is 9.78 Å². The van der Waals surface area contributed by atoms with Gasteiger partial charge in [0, 0.05) is 18.9 Å². The SMILES string of the molecule is Cc1ccccc1S(=O)(=O)N[C@H](C(=O)NCc1cccnc1)C(C)C. The van der Waals surface area contributed by atoms with E-state index in [4.69, 9.17) is 0 Å². The Morgan fingerprint density at radius 1 is 1.16 bits per heavy atom. The van der Waals surface area contributed by atoms with E-state index in [9.17, 15) is 13.2 Å². The molecule has 134 valence electrons. The van der Waals surface area contributed by atoms with Crippen molar-refractivity contribution in [3.63, 3.8) is 0 Å². The molecule has 2 N–H and O–H groups in total. The second kappa shape index (κ2) is 8.22. The second-order valence-electron chi connectivity index (χ2n) is 6.19. The van der Waals surface area contributed by atoms with Crippen LogP contribution in [-0.4, -0.2) is 25.4 Å². The van der Waals surface area contributed by atoms with Crippen molar-refractivity contribution >= 4 is 15.9 Å². The summed E-state index contributed by atoms with van der Waals surface area (Å²) in [6, 6.07) is 9.45. The second-order valence-corrected chi connectivity index (χ2v) is 7.87. The van der Waals surface area contributed by atoms with Crippen LogP contribution in [-0.2, 0) is 21.4 Å². The first-order valence-electron chi connectivity index (χ1n) is 8.06. The standard InChI is InChI=1S/C18H23N3O3S/c1-13(2)17(18(22)20-12-15-8-6-10-19-11-15)21-25(23,24)16-9-5-4-7-14(16)3/h4-11,13,17,21H,12H2,1-3H3,(H,20,22)/t17-/m0/s1. The molecule has 25 heavy (non-hydrogen) atoms. The third-order valence-corrected chi connectivity index (χ3v) is 5.41. The lowest BCUT2D eigenvalue weighted by molar-refractivity contribution is -0.123. The van der Waals surface area contributed by atoms with Crippen LogP contribution in [0, 0.1) is 12.8 Å². The summed E-state index contributed by atoms with van der Waals surface area (Å²) in [6.07, 6.45) is 3.31. The number of hydrogen-bond donors (Lipinski definition) is 2. The van der Waals surface area contributed by atoms with Gasteiger partial charge < -0.3 is 5.32 Å². The van der Waals surface area contributed by atoms with E-state index < -0.39 is 16.1 Å². The number of rotatable bonds is 7. The van der Waals surface area contributed by atoms with E-state index in [0.29, 0.717) is 12.1 Å². The third-order valence-electron chi connectivity index (χ3n) is 3.80. The lowest BCUT2D eigenvalue weighted by Gasteiger charge is -2.22. The average molecular weight is 361 g/mol. The lowest BCUT2D eigenvalue weighted by Crippen LogP contribution is -2.49. The number of hydrogen-bond acceptors (Lipinski definition) is 4. The molecule has 0 saturated heterocycles. The minimum atomic E-state index is -3.79. The maximum atomic E-state index is 12.6. The van der Waals surface area contributed by atoms with Crippen LogP contribution < -0.4 is 10.0 Å². The molecule has 1 amide bonds. The van der Waals surface area contributed by atoms with Crippen molar-refractivity contribution in [2.45, 2.75) is 38.3 Å². The van der Waals surface area contributed by atoms with Crippen molar-refractivity contribution < 1.29 is 13.2 Å². The highest BCUT2D eigenvalue weighted by Gasteiger charge is 2.28. The molecule has 1 aromatic carbocycles. The maximum Gasteiger partial charge on any atom is 0.241 e. The number of carbonyl (C=O) groups is 1. The van der Waals surface area contributed by atoms with Crippen molar-refractivity contribution in [2.75, 3.05) is 0 Å². The van der Waals surface area contributed by atoms with E-state index in [0.717, 1.165) is 5.56 Å². The smallest absolute Gasteiger partial charge is 0.241 e. The van der Waals surface area contributed by atoms with Gasteiger partial charge in [0.25, 0.3) is 0 Å². The molecule has 0 radical (unpaired) electrons. The topological polar surface area (TPSA) is 88.2 Å². The predicted molar refractivity (Wildman–Crippen MR) is 96.2 cm³/mol. The molecule has 0 spiro atoms. The minimum absolute atomic E-state index is 0.181. The van der Waals surface area contributed by atoms with E-state index in [2.05, 4.69) is 15.0 Å². The molecule has 0 bridgehead atoms. The van der Waals surface area contributed by atoms with E-state index in [1.165, 1.54) is 6.07 Å². The molecule has 7 heteroatoms. The van der Waals surface area contributed by atoms with Gasteiger partial charge in [-0.05, 0) is 36.1 Å². The Balaban J connectivity index is 2.12. The van der Waals surface area contributed by atoms with Crippen LogP contribution in [0.3, 0.4) is 0 Å². The number of nitrogens with one attached hydrogen (secondary N) is 2. The maximum absolute atomic E-state index is 12.6. The van der Waals surface area contributed by atoms with E-state index in [-0.39, 0.29) is 16.7 Å². The van der Waals surface area contributed by atoms with E-state index in [1.807, 2.05) is 6.07 Å². The van der Waals surface area contributed by atoms with Gasteiger partial charge in [0.15, 0.2) is 0 Å². The van der Waals surface area contributed by atoms with Gasteiger partial charge in [-0.1, -0.05) is 38.1 Å². The zero-order valence-electron chi connectivity index (χ0n) is 14.6. The van der Waals surface area contributed by atoms with Crippen molar-refractivity contribution in [1.82, 2.24) is 15.0 Å². The molecule has 2 aromatic rings. The van der Waals surface area contributed by atoms with Crippen LogP contribution in [0.25, 0.3) is 0 Å². The van der Waals surface area contributed by atoms with Gasteiger partial charge in [0.1, 0.15) is 6.04 Å². The summed E-state index contributed by atoms with van der Waals surface area (Å²) < 4.78 is 27.8. The highest BCUT2D eigenvalue weighted by Crippen LogP contribution is 2.16. The summed E-state index contributed by atoms with van der Waals surface area (Å²) in [4.78, 5) is 16.7. The molecular weight excluding hydrogens is 338 g/mol. The number of benzene rings is 1. The molecule has 1 heterocycles. The normalized spacial score (nSPS) is 12.8. The summed E-state index contributed by atoms with van der Waals surface area (Å²) in [5.41, 5.74) is 1.48. The Labute approximate surface area is 148 Å². The number of nitrogens with zero attached hydrogens (tertiary/aromatic N) is 1. The van der Waals surface area contributed by atoms with Crippen molar-refractivity contribution in [3.8, 4) is 0 Å². The number of sulfonamides is 1. The largest absolute Gasteiger partial charge is 0.351 e. The predicted octanol–water partition coefficient (Wildman–Crippen LogP) is 2.01. The quantitative estimate of drug-likeness (QED) is 0.790. The van der Waals surface area contributed by atoms with E-state index in [1.54, 1.807) is 57.4 Å². The van der Waals surface area contributed by atoms with Crippen LogP contribution in [0.15, 0.2) is 53.7 Å². The summed E-state index contributed by atoms with van der Waals surface area (Å²) in [6.45, 7) is 5.62. The van der Waals surface area contributed by atoms with Gasteiger partial charge in [0.2, 0.25) is 15.9 Å². The van der Waals surface area contributed by atoms with Gasteiger partial charge in [-0.2, -0.15) is 4.72 Å². The van der Waals surface area contributed by atoms with Gasteiger partial charge in [0.05, 0.1) is 4.90 Å². The molecule has 0 unspecified atom stereocenters. The van der Waals surface area contributed by atoms with Crippen molar-refractivity contribution in [2.24, 2.45) is 5.92 Å². The first-order valence-corrected chi connectivity index (χ1v) is 9.54. The van der Waals surface area contributed by atoms with Gasteiger partial charge in [-0.25, -0.2) is 8.42 Å². The lowest BCUT2D eigenvalue weighted by atomic mass is 10.0. The summed E-state index contributed by atoms with van der Waals surface area (Å²) in [5, 5.41) is 2.76. The Bertz CT molecular complexity index is 820. The Morgan fingerprint density at radius 3 is 2.48 bits per heavy atom. The zero-order valence-corrected chi connectivity index (χ0v) is 15.4. The fourth-order valence-electron chi connectivity index (χ4n) is 2.38. The van der Waals surface area contributed by atoms with Crippen molar-refractivity contribution in [3.05, 3.63) is 59.9 Å². The summed E-state index contributed by atoms with van der Waals surface area (Å²) in [7, 11) is -3.79. The Hall–Kier alpha value is -2.25. The highest BCUT2D eigenvalue weighted by molar-refractivity contribution is 7.89. The minimum Gasteiger partial charge on any atom is -0.351 e. The number of aromatic nitrogens is 1. The fourth-order valence-corrected chi connectivity index (χ4v) is 3.97. The van der Waals surface area contributed by atoms with Crippen LogP contribution in [0.1, 0.15) is 25.0 Å². The average Bonchev–Trinajstić information content (AvgIpc) is 2.58. The molecule has 2 rings (SSSR count). The Kier molecular flexibility index (Phi) is 6.27. The summed E-state index contributed by atoms with van der Waals surface area (Å²) >= 11 is 0. The molecule has 6 nitrogen and oxygen atoms in total. The zero-order chi connectivity index (χ0) is 18.4. The number of pyridine rings is 1. The fraction of sp³-hybridized carbons (Fsp3) is 0.333. The molecule has 0 aliphatic rings.